The van der Waals surface area contributed by atoms with Gasteiger partial charge in [0.2, 0.25) is 5.91 Å². The molecule has 1 aliphatic carbocycles. The van der Waals surface area contributed by atoms with Gasteiger partial charge < -0.3 is 15.1 Å². The highest BCUT2D eigenvalue weighted by Gasteiger charge is 2.49. The highest BCUT2D eigenvalue weighted by Crippen LogP contribution is 2.32. The predicted molar refractivity (Wildman–Crippen MR) is 114 cm³/mol. The normalized spacial score (nSPS) is 23.0. The number of amides is 4. The molecule has 158 valence electrons. The van der Waals surface area contributed by atoms with Gasteiger partial charge in [-0.15, -0.1) is 0 Å². The second-order valence-electron chi connectivity index (χ2n) is 8.32. The molecule has 4 amide bonds. The van der Waals surface area contributed by atoms with Gasteiger partial charge >= 0.3 is 6.03 Å². The molecule has 3 aromatic rings. The van der Waals surface area contributed by atoms with E-state index in [1.807, 2.05) is 48.5 Å². The van der Waals surface area contributed by atoms with Crippen molar-refractivity contribution in [3.8, 4) is 0 Å². The molecular weight excluding hydrogens is 394 g/mol. The number of benzene rings is 2. The Balaban J connectivity index is 1.33. The Morgan fingerprint density at radius 2 is 2.00 bits per heavy atom. The van der Waals surface area contributed by atoms with Crippen molar-refractivity contribution < 1.29 is 18.8 Å². The van der Waals surface area contributed by atoms with Crippen molar-refractivity contribution in [3.63, 3.8) is 0 Å². The summed E-state index contributed by atoms with van der Waals surface area (Å²) in [5, 5.41) is 7.75. The summed E-state index contributed by atoms with van der Waals surface area (Å²) in [5.41, 5.74) is 0.435. The molecular formula is C24H23N3O4. The first-order chi connectivity index (χ1) is 15.0. The Kier molecular flexibility index (Phi) is 4.54. The minimum Gasteiger partial charge on any atom is -0.469 e. The summed E-state index contributed by atoms with van der Waals surface area (Å²) in [6, 6.07) is 14.6. The van der Waals surface area contributed by atoms with E-state index in [0.717, 1.165) is 46.3 Å². The van der Waals surface area contributed by atoms with Crippen LogP contribution in [-0.2, 0) is 21.5 Å². The Labute approximate surface area is 179 Å². The SMILES string of the molecule is CC1(c2ccc3ccccc3c2)NC(=O)N(CC(=O)NC2CCCc3occc32)C1=O. The molecule has 2 aromatic carbocycles. The maximum absolute atomic E-state index is 13.2. The number of hydrogen-bond acceptors (Lipinski definition) is 4. The van der Waals surface area contributed by atoms with Crippen LogP contribution < -0.4 is 10.6 Å². The molecule has 2 N–H and O–H groups in total. The zero-order valence-electron chi connectivity index (χ0n) is 17.2. The summed E-state index contributed by atoms with van der Waals surface area (Å²) >= 11 is 0. The first-order valence-corrected chi connectivity index (χ1v) is 10.4. The van der Waals surface area contributed by atoms with E-state index in [2.05, 4.69) is 10.6 Å². The van der Waals surface area contributed by atoms with Gasteiger partial charge in [-0.25, -0.2) is 4.79 Å². The fourth-order valence-corrected chi connectivity index (χ4v) is 4.56. The number of rotatable bonds is 4. The van der Waals surface area contributed by atoms with Crippen LogP contribution in [0.2, 0.25) is 0 Å². The minimum absolute atomic E-state index is 0.164. The fraction of sp³-hybridized carbons (Fsp3) is 0.292. The number of nitrogens with one attached hydrogen (secondary N) is 2. The summed E-state index contributed by atoms with van der Waals surface area (Å²) < 4.78 is 5.46. The van der Waals surface area contributed by atoms with E-state index in [0.29, 0.717) is 5.56 Å². The van der Waals surface area contributed by atoms with Crippen molar-refractivity contribution >= 4 is 28.6 Å². The van der Waals surface area contributed by atoms with E-state index in [1.54, 1.807) is 13.2 Å². The van der Waals surface area contributed by atoms with Gasteiger partial charge in [0.05, 0.1) is 12.3 Å². The lowest BCUT2D eigenvalue weighted by molar-refractivity contribution is -0.135. The molecule has 0 spiro atoms. The summed E-state index contributed by atoms with van der Waals surface area (Å²) in [7, 11) is 0. The van der Waals surface area contributed by atoms with Crippen molar-refractivity contribution in [3.05, 3.63) is 71.7 Å². The van der Waals surface area contributed by atoms with Gasteiger partial charge in [-0.05, 0) is 48.2 Å². The molecule has 2 heterocycles. The number of urea groups is 1. The van der Waals surface area contributed by atoms with Gasteiger partial charge in [0.1, 0.15) is 17.8 Å². The number of fused-ring (bicyclic) bond motifs is 2. The third kappa shape index (κ3) is 3.26. The van der Waals surface area contributed by atoms with E-state index in [-0.39, 0.29) is 18.5 Å². The lowest BCUT2D eigenvalue weighted by Gasteiger charge is -2.24. The van der Waals surface area contributed by atoms with Crippen LogP contribution in [0.5, 0.6) is 0 Å². The Morgan fingerprint density at radius 3 is 2.84 bits per heavy atom. The predicted octanol–water partition coefficient (Wildman–Crippen LogP) is 3.39. The molecule has 0 saturated carbocycles. The fourth-order valence-electron chi connectivity index (χ4n) is 4.56. The maximum Gasteiger partial charge on any atom is 0.325 e. The van der Waals surface area contributed by atoms with E-state index in [4.69, 9.17) is 4.42 Å². The summed E-state index contributed by atoms with van der Waals surface area (Å²) in [4.78, 5) is 39.5. The number of carbonyl (C=O) groups excluding carboxylic acids is 3. The van der Waals surface area contributed by atoms with Crippen LogP contribution in [-0.4, -0.2) is 29.3 Å². The van der Waals surface area contributed by atoms with Gasteiger partial charge in [0, 0.05) is 12.0 Å². The zero-order valence-corrected chi connectivity index (χ0v) is 17.2. The van der Waals surface area contributed by atoms with E-state index in [9.17, 15) is 14.4 Å². The van der Waals surface area contributed by atoms with Crippen LogP contribution in [0.25, 0.3) is 10.8 Å². The third-order valence-corrected chi connectivity index (χ3v) is 6.29. The van der Waals surface area contributed by atoms with Gasteiger partial charge in [-0.1, -0.05) is 36.4 Å². The molecule has 1 aliphatic heterocycles. The average molecular weight is 417 g/mol. The summed E-state index contributed by atoms with van der Waals surface area (Å²) in [6.45, 7) is 1.35. The second kappa shape index (κ2) is 7.27. The first-order valence-electron chi connectivity index (χ1n) is 10.4. The molecule has 1 aromatic heterocycles. The molecule has 0 radical (unpaired) electrons. The molecule has 5 rings (SSSR count). The standard InChI is InChI=1S/C24H23N3O4/c1-24(17-10-9-15-5-2-3-6-16(15)13-17)22(29)27(23(30)26-24)14-21(28)25-19-7-4-8-20-18(19)11-12-31-20/h2-3,5-6,9-13,19H,4,7-8,14H2,1H3,(H,25,28)(H,26,30). The number of aryl methyl sites for hydroxylation is 1. The van der Waals surface area contributed by atoms with Crippen LogP contribution >= 0.6 is 0 Å². The lowest BCUT2D eigenvalue weighted by atomic mass is 9.90. The molecule has 2 aliphatic rings. The van der Waals surface area contributed by atoms with Gasteiger partial charge in [-0.3, -0.25) is 14.5 Å². The molecule has 7 heteroatoms. The second-order valence-corrected chi connectivity index (χ2v) is 8.32. The Morgan fingerprint density at radius 1 is 1.19 bits per heavy atom. The molecule has 2 unspecified atom stereocenters. The van der Waals surface area contributed by atoms with Crippen molar-refractivity contribution in [2.24, 2.45) is 0 Å². The lowest BCUT2D eigenvalue weighted by Crippen LogP contribution is -2.44. The quantitative estimate of drug-likeness (QED) is 0.637. The minimum atomic E-state index is -1.22. The largest absolute Gasteiger partial charge is 0.469 e. The van der Waals surface area contributed by atoms with Gasteiger partial charge in [-0.2, -0.15) is 0 Å². The van der Waals surface area contributed by atoms with Crippen LogP contribution in [0.15, 0.2) is 59.2 Å². The van der Waals surface area contributed by atoms with E-state index >= 15 is 0 Å². The molecule has 1 fully saturated rings. The smallest absolute Gasteiger partial charge is 0.325 e. The van der Waals surface area contributed by atoms with Crippen molar-refractivity contribution in [2.75, 3.05) is 6.54 Å². The third-order valence-electron chi connectivity index (χ3n) is 6.29. The number of nitrogens with zero attached hydrogens (tertiary/aromatic N) is 1. The maximum atomic E-state index is 13.2. The van der Waals surface area contributed by atoms with Crippen molar-refractivity contribution in [1.82, 2.24) is 15.5 Å². The highest BCUT2D eigenvalue weighted by atomic mass is 16.3. The van der Waals surface area contributed by atoms with Crippen molar-refractivity contribution in [2.45, 2.75) is 37.8 Å². The van der Waals surface area contributed by atoms with Crippen LogP contribution in [0.4, 0.5) is 4.79 Å². The zero-order chi connectivity index (χ0) is 21.6. The summed E-state index contributed by atoms with van der Waals surface area (Å²) in [6.07, 6.45) is 4.19. The molecule has 0 bridgehead atoms. The highest BCUT2D eigenvalue weighted by molar-refractivity contribution is 6.09. The summed E-state index contributed by atoms with van der Waals surface area (Å²) in [5.74, 6) is 0.0799. The Hall–Kier alpha value is -3.61. The number of hydrogen-bond donors (Lipinski definition) is 2. The van der Waals surface area contributed by atoms with E-state index < -0.39 is 17.5 Å². The van der Waals surface area contributed by atoms with Crippen LogP contribution in [0, 0.1) is 0 Å². The molecule has 1 saturated heterocycles. The van der Waals surface area contributed by atoms with Gasteiger partial charge in [0.25, 0.3) is 5.91 Å². The monoisotopic (exact) mass is 417 g/mol. The van der Waals surface area contributed by atoms with Crippen molar-refractivity contribution in [1.29, 1.82) is 0 Å². The van der Waals surface area contributed by atoms with Gasteiger partial charge in [0.15, 0.2) is 0 Å². The van der Waals surface area contributed by atoms with E-state index in [1.165, 1.54) is 0 Å². The first kappa shape index (κ1) is 19.4. The molecule has 2 atom stereocenters. The number of furan rings is 1. The number of imide groups is 1. The van der Waals surface area contributed by atoms with Crippen LogP contribution in [0.3, 0.4) is 0 Å². The Bertz CT molecular complexity index is 1200. The topological polar surface area (TPSA) is 91.7 Å². The number of carbonyl (C=O) groups is 3. The average Bonchev–Trinajstić information content (AvgIpc) is 3.33. The molecule has 31 heavy (non-hydrogen) atoms. The molecule has 7 nitrogen and oxygen atoms in total. The van der Waals surface area contributed by atoms with Crippen LogP contribution in [0.1, 0.15) is 42.7 Å².